The lowest BCUT2D eigenvalue weighted by molar-refractivity contribution is 0.435. The lowest BCUT2D eigenvalue weighted by atomic mass is 9.92. The third kappa shape index (κ3) is 2.66. The largest absolute Gasteiger partial charge is 0.204 e. The molecule has 2 aromatic carbocycles. The summed E-state index contributed by atoms with van der Waals surface area (Å²) < 4.78 is 54.5. The molecular formula is C14H9BrF4. The minimum absolute atomic E-state index is 0.211. The minimum atomic E-state index is -1.39. The monoisotopic (exact) mass is 332 g/mol. The molecule has 0 aliphatic carbocycles. The van der Waals surface area contributed by atoms with Crippen LogP contribution in [0.5, 0.6) is 0 Å². The second-order valence-electron chi connectivity index (χ2n) is 4.16. The summed E-state index contributed by atoms with van der Waals surface area (Å²) in [6.45, 7) is 1.49. The highest BCUT2D eigenvalue weighted by atomic mass is 79.9. The van der Waals surface area contributed by atoms with Gasteiger partial charge in [-0.05, 0) is 17.7 Å². The van der Waals surface area contributed by atoms with Crippen molar-refractivity contribution in [3.8, 4) is 0 Å². The van der Waals surface area contributed by atoms with Gasteiger partial charge in [0.1, 0.15) is 0 Å². The second kappa shape index (κ2) is 5.33. The lowest BCUT2D eigenvalue weighted by Crippen LogP contribution is -2.07. The minimum Gasteiger partial charge on any atom is -0.204 e. The molecule has 1 unspecified atom stereocenters. The van der Waals surface area contributed by atoms with Crippen LogP contribution in [0.3, 0.4) is 0 Å². The van der Waals surface area contributed by atoms with Crippen molar-refractivity contribution in [2.24, 2.45) is 0 Å². The Bertz CT molecular complexity index is 582. The molecule has 0 aliphatic heterocycles. The van der Waals surface area contributed by atoms with Crippen LogP contribution in [-0.2, 0) is 0 Å². The van der Waals surface area contributed by atoms with Gasteiger partial charge in [0.2, 0.25) is 0 Å². The molecule has 0 bridgehead atoms. The molecule has 0 spiro atoms. The van der Waals surface area contributed by atoms with E-state index >= 15 is 0 Å². The fourth-order valence-corrected chi connectivity index (χ4v) is 2.15. The SMILES string of the molecule is CC(c1ccc(Br)cc1)c1c(F)c(F)cc(F)c1F. The normalized spacial score (nSPS) is 12.5. The first kappa shape index (κ1) is 14.1. The highest BCUT2D eigenvalue weighted by molar-refractivity contribution is 9.10. The third-order valence-corrected chi connectivity index (χ3v) is 3.48. The highest BCUT2D eigenvalue weighted by Gasteiger charge is 2.24. The van der Waals surface area contributed by atoms with Crippen LogP contribution in [0.4, 0.5) is 17.6 Å². The molecular weight excluding hydrogens is 324 g/mol. The fraction of sp³-hybridized carbons (Fsp3) is 0.143. The van der Waals surface area contributed by atoms with Crippen LogP contribution in [0.1, 0.15) is 24.0 Å². The number of halogens is 5. The van der Waals surface area contributed by atoms with E-state index in [4.69, 9.17) is 0 Å². The molecule has 0 saturated heterocycles. The van der Waals surface area contributed by atoms with E-state index in [0.29, 0.717) is 5.56 Å². The Morgan fingerprint density at radius 3 is 1.84 bits per heavy atom. The van der Waals surface area contributed by atoms with E-state index < -0.39 is 34.8 Å². The van der Waals surface area contributed by atoms with Crippen LogP contribution in [0.25, 0.3) is 0 Å². The molecule has 0 heterocycles. The van der Waals surface area contributed by atoms with Crippen molar-refractivity contribution in [1.29, 1.82) is 0 Å². The molecule has 0 amide bonds. The zero-order valence-corrected chi connectivity index (χ0v) is 11.4. The van der Waals surface area contributed by atoms with Crippen molar-refractivity contribution in [2.75, 3.05) is 0 Å². The molecule has 100 valence electrons. The summed E-state index contributed by atoms with van der Waals surface area (Å²) in [5.74, 6) is -6.28. The van der Waals surface area contributed by atoms with Gasteiger partial charge in [-0.25, -0.2) is 17.6 Å². The van der Waals surface area contributed by atoms with Gasteiger partial charge >= 0.3 is 0 Å². The molecule has 0 nitrogen and oxygen atoms in total. The number of hydrogen-bond donors (Lipinski definition) is 0. The molecule has 1 atom stereocenters. The Morgan fingerprint density at radius 2 is 1.37 bits per heavy atom. The van der Waals surface area contributed by atoms with Gasteiger partial charge in [-0.3, -0.25) is 0 Å². The van der Waals surface area contributed by atoms with Crippen LogP contribution in [-0.4, -0.2) is 0 Å². The maximum absolute atomic E-state index is 13.7. The molecule has 2 rings (SSSR count). The van der Waals surface area contributed by atoms with E-state index in [1.165, 1.54) is 6.92 Å². The molecule has 0 aromatic heterocycles. The van der Waals surface area contributed by atoms with Gasteiger partial charge < -0.3 is 0 Å². The van der Waals surface area contributed by atoms with E-state index in [1.54, 1.807) is 24.3 Å². The summed E-state index contributed by atoms with van der Waals surface area (Å²) in [7, 11) is 0. The van der Waals surface area contributed by atoms with Crippen LogP contribution in [0.15, 0.2) is 34.8 Å². The molecule has 5 heteroatoms. The van der Waals surface area contributed by atoms with Crippen molar-refractivity contribution < 1.29 is 17.6 Å². The van der Waals surface area contributed by atoms with Crippen LogP contribution >= 0.6 is 15.9 Å². The van der Waals surface area contributed by atoms with Crippen LogP contribution in [0, 0.1) is 23.3 Å². The average Bonchev–Trinajstić information content (AvgIpc) is 2.37. The first-order chi connectivity index (χ1) is 8.91. The maximum Gasteiger partial charge on any atom is 0.165 e. The van der Waals surface area contributed by atoms with Crippen LogP contribution in [0.2, 0.25) is 0 Å². The molecule has 0 fully saturated rings. The van der Waals surface area contributed by atoms with E-state index in [2.05, 4.69) is 15.9 Å². The van der Waals surface area contributed by atoms with E-state index in [0.717, 1.165) is 4.47 Å². The summed E-state index contributed by atoms with van der Waals surface area (Å²) in [6.07, 6.45) is 0. The lowest BCUT2D eigenvalue weighted by Gasteiger charge is -2.15. The molecule has 2 aromatic rings. The first-order valence-corrected chi connectivity index (χ1v) is 6.29. The first-order valence-electron chi connectivity index (χ1n) is 5.50. The van der Waals surface area contributed by atoms with Gasteiger partial charge in [0.15, 0.2) is 23.3 Å². The average molecular weight is 333 g/mol. The van der Waals surface area contributed by atoms with E-state index in [9.17, 15) is 17.6 Å². The standard InChI is InChI=1S/C14H9BrF4/c1-7(8-2-4-9(15)5-3-8)12-13(18)10(16)6-11(17)14(12)19/h2-7H,1H3. The predicted octanol–water partition coefficient (Wildman–Crippen LogP) is 5.16. The van der Waals surface area contributed by atoms with E-state index in [-0.39, 0.29) is 6.07 Å². The van der Waals surface area contributed by atoms with Crippen molar-refractivity contribution in [1.82, 2.24) is 0 Å². The van der Waals surface area contributed by atoms with Gasteiger partial charge in [-0.1, -0.05) is 35.0 Å². The smallest absolute Gasteiger partial charge is 0.165 e. The Morgan fingerprint density at radius 1 is 0.895 bits per heavy atom. The maximum atomic E-state index is 13.7. The van der Waals surface area contributed by atoms with Gasteiger partial charge in [-0.15, -0.1) is 0 Å². The Balaban J connectivity index is 2.55. The van der Waals surface area contributed by atoms with Gasteiger partial charge in [-0.2, -0.15) is 0 Å². The summed E-state index contributed by atoms with van der Waals surface area (Å²) in [4.78, 5) is 0. The molecule has 0 saturated carbocycles. The van der Waals surface area contributed by atoms with Crippen molar-refractivity contribution in [3.63, 3.8) is 0 Å². The van der Waals surface area contributed by atoms with Crippen molar-refractivity contribution >= 4 is 15.9 Å². The van der Waals surface area contributed by atoms with Crippen LogP contribution < -0.4 is 0 Å². The van der Waals surface area contributed by atoms with Crippen molar-refractivity contribution in [2.45, 2.75) is 12.8 Å². The zero-order chi connectivity index (χ0) is 14.2. The predicted molar refractivity (Wildman–Crippen MR) is 67.9 cm³/mol. The quantitative estimate of drug-likeness (QED) is 0.526. The molecule has 0 N–H and O–H groups in total. The molecule has 19 heavy (non-hydrogen) atoms. The Kier molecular flexibility index (Phi) is 3.94. The van der Waals surface area contributed by atoms with E-state index in [1.807, 2.05) is 0 Å². The zero-order valence-electron chi connectivity index (χ0n) is 9.85. The summed E-state index contributed by atoms with van der Waals surface area (Å²) >= 11 is 3.23. The van der Waals surface area contributed by atoms with Gasteiger partial charge in [0, 0.05) is 22.0 Å². The number of rotatable bonds is 2. The topological polar surface area (TPSA) is 0 Å². The highest BCUT2D eigenvalue weighted by Crippen LogP contribution is 2.31. The summed E-state index contributed by atoms with van der Waals surface area (Å²) in [6, 6.07) is 6.87. The molecule has 0 aliphatic rings. The summed E-state index contributed by atoms with van der Waals surface area (Å²) in [5, 5.41) is 0. The van der Waals surface area contributed by atoms with Crippen molar-refractivity contribution in [3.05, 3.63) is 69.2 Å². The molecule has 0 radical (unpaired) electrons. The number of benzene rings is 2. The second-order valence-corrected chi connectivity index (χ2v) is 5.07. The Hall–Kier alpha value is -1.36. The number of hydrogen-bond acceptors (Lipinski definition) is 0. The van der Waals surface area contributed by atoms with Gasteiger partial charge in [0.25, 0.3) is 0 Å². The summed E-state index contributed by atoms with van der Waals surface area (Å²) in [5.41, 5.74) is -0.0363. The Labute approximate surface area is 116 Å². The van der Waals surface area contributed by atoms with Gasteiger partial charge in [0.05, 0.1) is 0 Å². The third-order valence-electron chi connectivity index (χ3n) is 2.95. The fourth-order valence-electron chi connectivity index (χ4n) is 1.89.